The lowest BCUT2D eigenvalue weighted by molar-refractivity contribution is 0.378. The third-order valence-electron chi connectivity index (χ3n) is 3.44. The molecule has 0 fully saturated rings. The average molecular weight is 268 g/mol. The van der Waals surface area contributed by atoms with Crippen LogP contribution in [0, 0.1) is 12.8 Å². The molecule has 1 aromatic rings. The zero-order valence-electron chi connectivity index (χ0n) is 12.1. The van der Waals surface area contributed by atoms with Gasteiger partial charge in [-0.3, -0.25) is 0 Å². The Morgan fingerprint density at radius 1 is 1.28 bits per heavy atom. The molecule has 1 atom stereocenters. The minimum absolute atomic E-state index is 0.602. The summed E-state index contributed by atoms with van der Waals surface area (Å²) < 4.78 is 0. The molecular weight excluding hydrogens is 242 g/mol. The van der Waals surface area contributed by atoms with Gasteiger partial charge in [0, 0.05) is 11.1 Å². The first-order valence-corrected chi connectivity index (χ1v) is 7.40. The van der Waals surface area contributed by atoms with Crippen LogP contribution >= 0.6 is 11.6 Å². The van der Waals surface area contributed by atoms with Crippen LogP contribution in [0.15, 0.2) is 18.2 Å². The second-order valence-corrected chi connectivity index (χ2v) is 5.83. The fraction of sp³-hybridized carbons (Fsp3) is 0.625. The van der Waals surface area contributed by atoms with Crippen LogP contribution in [0.5, 0.6) is 0 Å². The van der Waals surface area contributed by atoms with Gasteiger partial charge in [-0.05, 0) is 55.8 Å². The molecule has 0 radical (unpaired) electrons. The van der Waals surface area contributed by atoms with Gasteiger partial charge in [0.1, 0.15) is 0 Å². The molecule has 0 saturated heterocycles. The van der Waals surface area contributed by atoms with E-state index in [0.29, 0.717) is 12.0 Å². The van der Waals surface area contributed by atoms with Gasteiger partial charge in [0.15, 0.2) is 0 Å². The lowest BCUT2D eigenvalue weighted by atomic mass is 9.96. The second-order valence-electron chi connectivity index (χ2n) is 5.43. The first-order chi connectivity index (χ1) is 8.54. The number of nitrogens with one attached hydrogen (secondary N) is 1. The molecule has 0 saturated carbocycles. The van der Waals surface area contributed by atoms with Crippen LogP contribution in [-0.4, -0.2) is 12.6 Å². The van der Waals surface area contributed by atoms with E-state index in [1.54, 1.807) is 0 Å². The SMILES string of the molecule is CCCNC(CCc1ccc(C)c(Cl)c1)C(C)C. The molecule has 0 heterocycles. The van der Waals surface area contributed by atoms with Gasteiger partial charge in [0.2, 0.25) is 0 Å². The van der Waals surface area contributed by atoms with Crippen molar-refractivity contribution < 1.29 is 0 Å². The van der Waals surface area contributed by atoms with E-state index in [9.17, 15) is 0 Å². The van der Waals surface area contributed by atoms with Gasteiger partial charge in [0.05, 0.1) is 0 Å². The zero-order valence-corrected chi connectivity index (χ0v) is 12.8. The van der Waals surface area contributed by atoms with Gasteiger partial charge >= 0.3 is 0 Å². The molecule has 0 spiro atoms. The van der Waals surface area contributed by atoms with Crippen molar-refractivity contribution in [1.29, 1.82) is 0 Å². The highest BCUT2D eigenvalue weighted by atomic mass is 35.5. The first-order valence-electron chi connectivity index (χ1n) is 7.03. The van der Waals surface area contributed by atoms with E-state index < -0.39 is 0 Å². The summed E-state index contributed by atoms with van der Waals surface area (Å²) in [6, 6.07) is 7.01. The van der Waals surface area contributed by atoms with Crippen molar-refractivity contribution in [3.8, 4) is 0 Å². The average Bonchev–Trinajstić information content (AvgIpc) is 2.33. The van der Waals surface area contributed by atoms with Crippen molar-refractivity contribution in [3.05, 3.63) is 34.3 Å². The molecule has 1 rings (SSSR count). The largest absolute Gasteiger partial charge is 0.314 e. The van der Waals surface area contributed by atoms with Gasteiger partial charge in [-0.15, -0.1) is 0 Å². The molecule has 0 aliphatic heterocycles. The van der Waals surface area contributed by atoms with E-state index in [-0.39, 0.29) is 0 Å². The molecule has 0 aliphatic rings. The maximum Gasteiger partial charge on any atom is 0.0437 e. The molecule has 102 valence electrons. The Morgan fingerprint density at radius 3 is 2.56 bits per heavy atom. The molecule has 2 heteroatoms. The summed E-state index contributed by atoms with van der Waals surface area (Å²) >= 11 is 6.16. The molecule has 1 N–H and O–H groups in total. The summed E-state index contributed by atoms with van der Waals surface area (Å²) in [5.74, 6) is 0.678. The fourth-order valence-electron chi connectivity index (χ4n) is 2.11. The number of halogens is 1. The Bertz CT molecular complexity index is 360. The van der Waals surface area contributed by atoms with Gasteiger partial charge in [-0.25, -0.2) is 0 Å². The third-order valence-corrected chi connectivity index (χ3v) is 3.85. The molecule has 0 amide bonds. The number of hydrogen-bond acceptors (Lipinski definition) is 1. The van der Waals surface area contributed by atoms with E-state index >= 15 is 0 Å². The third kappa shape index (κ3) is 4.99. The smallest absolute Gasteiger partial charge is 0.0437 e. The number of aryl methyl sites for hydroxylation is 2. The maximum atomic E-state index is 6.16. The number of benzene rings is 1. The quantitative estimate of drug-likeness (QED) is 0.761. The van der Waals surface area contributed by atoms with Crippen molar-refractivity contribution in [3.63, 3.8) is 0 Å². The van der Waals surface area contributed by atoms with Crippen LogP contribution in [0.25, 0.3) is 0 Å². The van der Waals surface area contributed by atoms with Crippen LogP contribution in [0.2, 0.25) is 5.02 Å². The van der Waals surface area contributed by atoms with Crippen molar-refractivity contribution in [2.45, 2.75) is 53.0 Å². The molecule has 1 unspecified atom stereocenters. The lowest BCUT2D eigenvalue weighted by Crippen LogP contribution is -2.34. The molecule has 1 aromatic carbocycles. The predicted octanol–water partition coefficient (Wildman–Crippen LogP) is 4.61. The topological polar surface area (TPSA) is 12.0 Å². The predicted molar refractivity (Wildman–Crippen MR) is 81.4 cm³/mol. The summed E-state index contributed by atoms with van der Waals surface area (Å²) in [7, 11) is 0. The van der Waals surface area contributed by atoms with Crippen LogP contribution in [0.4, 0.5) is 0 Å². The van der Waals surface area contributed by atoms with Gasteiger partial charge in [0.25, 0.3) is 0 Å². The highest BCUT2D eigenvalue weighted by molar-refractivity contribution is 6.31. The summed E-state index contributed by atoms with van der Waals surface area (Å²) in [6.07, 6.45) is 3.47. The molecular formula is C16H26ClN. The molecule has 0 bridgehead atoms. The normalized spacial score (nSPS) is 13.0. The van der Waals surface area contributed by atoms with Crippen molar-refractivity contribution in [1.82, 2.24) is 5.32 Å². The lowest BCUT2D eigenvalue weighted by Gasteiger charge is -2.22. The van der Waals surface area contributed by atoms with E-state index in [4.69, 9.17) is 11.6 Å². The van der Waals surface area contributed by atoms with E-state index in [0.717, 1.165) is 23.6 Å². The summed E-state index contributed by atoms with van der Waals surface area (Å²) in [6.45, 7) is 9.94. The van der Waals surface area contributed by atoms with Crippen LogP contribution in [-0.2, 0) is 6.42 Å². The van der Waals surface area contributed by atoms with Gasteiger partial charge in [-0.2, -0.15) is 0 Å². The molecule has 0 aromatic heterocycles. The van der Waals surface area contributed by atoms with Crippen molar-refractivity contribution in [2.24, 2.45) is 5.92 Å². The van der Waals surface area contributed by atoms with Gasteiger partial charge < -0.3 is 5.32 Å². The second kappa shape index (κ2) is 7.81. The Balaban J connectivity index is 2.52. The minimum Gasteiger partial charge on any atom is -0.314 e. The number of hydrogen-bond donors (Lipinski definition) is 1. The van der Waals surface area contributed by atoms with Crippen molar-refractivity contribution in [2.75, 3.05) is 6.54 Å². The Kier molecular flexibility index (Phi) is 6.73. The summed E-state index contributed by atoms with van der Waals surface area (Å²) in [4.78, 5) is 0. The van der Waals surface area contributed by atoms with Crippen LogP contribution < -0.4 is 5.32 Å². The summed E-state index contributed by atoms with van der Waals surface area (Å²) in [5.41, 5.74) is 2.50. The van der Waals surface area contributed by atoms with E-state index in [1.165, 1.54) is 18.4 Å². The Hall–Kier alpha value is -0.530. The van der Waals surface area contributed by atoms with Crippen LogP contribution in [0.1, 0.15) is 44.7 Å². The first kappa shape index (κ1) is 15.5. The monoisotopic (exact) mass is 267 g/mol. The van der Waals surface area contributed by atoms with E-state index in [1.807, 2.05) is 6.92 Å². The minimum atomic E-state index is 0.602. The van der Waals surface area contributed by atoms with E-state index in [2.05, 4.69) is 44.3 Å². The zero-order chi connectivity index (χ0) is 13.5. The fourth-order valence-corrected chi connectivity index (χ4v) is 2.32. The highest BCUT2D eigenvalue weighted by Crippen LogP contribution is 2.19. The Morgan fingerprint density at radius 2 is 2.00 bits per heavy atom. The number of rotatable bonds is 7. The molecule has 18 heavy (non-hydrogen) atoms. The van der Waals surface area contributed by atoms with Crippen LogP contribution in [0.3, 0.4) is 0 Å². The maximum absolute atomic E-state index is 6.16. The van der Waals surface area contributed by atoms with Crippen molar-refractivity contribution >= 4 is 11.6 Å². The molecule has 0 aliphatic carbocycles. The highest BCUT2D eigenvalue weighted by Gasteiger charge is 2.12. The summed E-state index contributed by atoms with van der Waals surface area (Å²) in [5, 5.41) is 4.52. The van der Waals surface area contributed by atoms with Gasteiger partial charge in [-0.1, -0.05) is 44.5 Å². The standard InChI is InChI=1S/C16H26ClN/c1-5-10-18-16(12(2)3)9-8-14-7-6-13(4)15(17)11-14/h6-7,11-12,16,18H,5,8-10H2,1-4H3. The molecule has 1 nitrogen and oxygen atoms in total. The Labute approximate surface area is 117 Å².